The van der Waals surface area contributed by atoms with Crippen molar-refractivity contribution in [1.82, 2.24) is 9.80 Å². The highest BCUT2D eigenvalue weighted by atomic mass is 16.5. The van der Waals surface area contributed by atoms with Gasteiger partial charge in [-0.3, -0.25) is 19.3 Å². The molecule has 8 nitrogen and oxygen atoms in total. The van der Waals surface area contributed by atoms with Gasteiger partial charge in [-0.1, -0.05) is 18.2 Å². The van der Waals surface area contributed by atoms with E-state index in [1.807, 2.05) is 24.3 Å². The molecule has 2 atom stereocenters. The number of hydrogen-bond acceptors (Lipinski definition) is 5. The number of carboxylic acid groups (broad SMARTS) is 1. The van der Waals surface area contributed by atoms with E-state index in [1.54, 1.807) is 16.8 Å². The van der Waals surface area contributed by atoms with E-state index in [1.165, 1.54) is 0 Å². The molecule has 2 aliphatic heterocycles. The van der Waals surface area contributed by atoms with Crippen molar-refractivity contribution in [2.45, 2.75) is 25.4 Å². The topological polar surface area (TPSA) is 99.2 Å². The van der Waals surface area contributed by atoms with E-state index in [0.29, 0.717) is 45.5 Å². The Bertz CT molecular complexity index is 738. The number of aliphatic carboxylic acids is 1. The van der Waals surface area contributed by atoms with Gasteiger partial charge in [-0.15, -0.1) is 0 Å². The summed E-state index contributed by atoms with van der Waals surface area (Å²) in [5.74, 6) is -1.10. The van der Waals surface area contributed by atoms with E-state index in [0.717, 1.165) is 11.3 Å². The zero-order chi connectivity index (χ0) is 20.1. The molecule has 0 aliphatic carbocycles. The average Bonchev–Trinajstić information content (AvgIpc) is 2.65. The predicted octanol–water partition coefficient (Wildman–Crippen LogP) is 0.821. The van der Waals surface area contributed by atoms with Crippen LogP contribution >= 0.6 is 0 Å². The van der Waals surface area contributed by atoms with Crippen molar-refractivity contribution < 1.29 is 24.2 Å². The molecule has 1 aromatic carbocycles. The first-order valence-electron chi connectivity index (χ1n) is 9.61. The minimum absolute atomic E-state index is 0.0147. The van der Waals surface area contributed by atoms with Crippen LogP contribution < -0.4 is 5.32 Å². The second-order valence-electron chi connectivity index (χ2n) is 7.51. The summed E-state index contributed by atoms with van der Waals surface area (Å²) in [6, 6.07) is 7.74. The van der Waals surface area contributed by atoms with Gasteiger partial charge in [0.05, 0.1) is 19.3 Å². The number of benzene rings is 1. The summed E-state index contributed by atoms with van der Waals surface area (Å²) in [4.78, 5) is 39.1. The third-order valence-electron chi connectivity index (χ3n) is 5.23. The summed E-state index contributed by atoms with van der Waals surface area (Å²) in [5.41, 5.74) is 1.96. The number of likely N-dealkylation sites (N-methyl/N-ethyl adjacent to an activating group) is 1. The summed E-state index contributed by atoms with van der Waals surface area (Å²) >= 11 is 0. The lowest BCUT2D eigenvalue weighted by Crippen LogP contribution is -2.49. The Labute approximate surface area is 164 Å². The van der Waals surface area contributed by atoms with Crippen molar-refractivity contribution >= 4 is 23.5 Å². The number of nitrogens with one attached hydrogen (secondary N) is 1. The molecule has 3 rings (SSSR count). The number of carboxylic acids is 1. The standard InChI is InChI=1S/C20H27N3O5/c1-22(13-19(25)26)11-16-12-23(8-9-28-16)18(24)7-6-15-10-14-4-2-3-5-17(14)21-20(15)27/h2-5,15-16H,6-13H2,1H3,(H,21,27)(H,25,26). The van der Waals surface area contributed by atoms with Gasteiger partial charge in [-0.05, 0) is 31.5 Å². The minimum Gasteiger partial charge on any atom is -0.480 e. The van der Waals surface area contributed by atoms with Crippen LogP contribution in [0.4, 0.5) is 5.69 Å². The molecule has 2 amide bonds. The summed E-state index contributed by atoms with van der Waals surface area (Å²) in [6.07, 6.45) is 1.28. The maximum atomic E-state index is 12.6. The first-order chi connectivity index (χ1) is 13.4. The number of hydrogen-bond donors (Lipinski definition) is 2. The first kappa shape index (κ1) is 20.3. The van der Waals surface area contributed by atoms with Crippen molar-refractivity contribution in [3.8, 4) is 0 Å². The van der Waals surface area contributed by atoms with E-state index in [9.17, 15) is 14.4 Å². The number of para-hydroxylation sites is 1. The minimum atomic E-state index is -0.890. The molecule has 1 saturated heterocycles. The molecule has 2 N–H and O–H groups in total. The second-order valence-corrected chi connectivity index (χ2v) is 7.51. The van der Waals surface area contributed by atoms with Gasteiger partial charge >= 0.3 is 5.97 Å². The van der Waals surface area contributed by atoms with Gasteiger partial charge in [0.25, 0.3) is 0 Å². The molecule has 1 fully saturated rings. The lowest BCUT2D eigenvalue weighted by atomic mass is 9.89. The van der Waals surface area contributed by atoms with E-state index >= 15 is 0 Å². The molecule has 0 spiro atoms. The fourth-order valence-electron chi connectivity index (χ4n) is 3.80. The van der Waals surface area contributed by atoms with Crippen LogP contribution in [0.25, 0.3) is 0 Å². The molecular weight excluding hydrogens is 362 g/mol. The van der Waals surface area contributed by atoms with Crippen LogP contribution in [0.3, 0.4) is 0 Å². The summed E-state index contributed by atoms with van der Waals surface area (Å²) in [5, 5.41) is 11.8. The third kappa shape index (κ3) is 5.30. The molecule has 2 heterocycles. The molecule has 0 bridgehead atoms. The van der Waals surface area contributed by atoms with Crippen LogP contribution in [-0.4, -0.2) is 78.6 Å². The van der Waals surface area contributed by atoms with E-state index in [2.05, 4.69) is 5.32 Å². The Balaban J connectivity index is 1.48. The SMILES string of the molecule is CN(CC(=O)O)CC1CN(C(=O)CCC2Cc3ccccc3NC2=O)CCO1. The Hall–Kier alpha value is -2.45. The van der Waals surface area contributed by atoms with Crippen LogP contribution in [0.1, 0.15) is 18.4 Å². The van der Waals surface area contributed by atoms with E-state index in [4.69, 9.17) is 9.84 Å². The molecule has 0 saturated carbocycles. The molecule has 2 aliphatic rings. The lowest BCUT2D eigenvalue weighted by Gasteiger charge is -2.35. The number of morpholine rings is 1. The zero-order valence-corrected chi connectivity index (χ0v) is 16.1. The van der Waals surface area contributed by atoms with Gasteiger partial charge in [0.1, 0.15) is 0 Å². The Morgan fingerprint density at radius 1 is 1.36 bits per heavy atom. The average molecular weight is 389 g/mol. The molecular formula is C20H27N3O5. The second kappa shape index (κ2) is 9.16. The zero-order valence-electron chi connectivity index (χ0n) is 16.1. The Kier molecular flexibility index (Phi) is 6.64. The highest BCUT2D eigenvalue weighted by molar-refractivity contribution is 5.96. The largest absolute Gasteiger partial charge is 0.480 e. The predicted molar refractivity (Wildman–Crippen MR) is 103 cm³/mol. The monoisotopic (exact) mass is 389 g/mol. The van der Waals surface area contributed by atoms with Gasteiger partial charge in [0.15, 0.2) is 0 Å². The van der Waals surface area contributed by atoms with Crippen molar-refractivity contribution in [2.75, 3.05) is 45.2 Å². The number of nitrogens with zero attached hydrogens (tertiary/aromatic N) is 2. The number of amides is 2. The molecule has 0 aromatic heterocycles. The number of ether oxygens (including phenoxy) is 1. The summed E-state index contributed by atoms with van der Waals surface area (Å²) in [6.45, 7) is 1.80. The van der Waals surface area contributed by atoms with E-state index in [-0.39, 0.29) is 30.4 Å². The van der Waals surface area contributed by atoms with Crippen LogP contribution in [-0.2, 0) is 25.5 Å². The van der Waals surface area contributed by atoms with Gasteiger partial charge < -0.3 is 20.1 Å². The fraction of sp³-hybridized carbons (Fsp3) is 0.550. The maximum absolute atomic E-state index is 12.6. The van der Waals surface area contributed by atoms with Crippen molar-refractivity contribution in [2.24, 2.45) is 5.92 Å². The van der Waals surface area contributed by atoms with Crippen LogP contribution in [0.15, 0.2) is 24.3 Å². The molecule has 2 unspecified atom stereocenters. The van der Waals surface area contributed by atoms with Gasteiger partial charge in [0.2, 0.25) is 11.8 Å². The highest BCUT2D eigenvalue weighted by Crippen LogP contribution is 2.27. The summed E-state index contributed by atoms with van der Waals surface area (Å²) < 4.78 is 5.67. The Morgan fingerprint density at radius 2 is 2.14 bits per heavy atom. The number of carbonyl (C=O) groups excluding carboxylic acids is 2. The van der Waals surface area contributed by atoms with Crippen molar-refractivity contribution in [1.29, 1.82) is 0 Å². The lowest BCUT2D eigenvalue weighted by molar-refractivity contribution is -0.142. The van der Waals surface area contributed by atoms with Crippen LogP contribution in [0.5, 0.6) is 0 Å². The van der Waals surface area contributed by atoms with Gasteiger partial charge in [0, 0.05) is 37.7 Å². The van der Waals surface area contributed by atoms with Crippen LogP contribution in [0, 0.1) is 5.92 Å². The number of carbonyl (C=O) groups is 3. The maximum Gasteiger partial charge on any atom is 0.317 e. The fourth-order valence-corrected chi connectivity index (χ4v) is 3.80. The number of anilines is 1. The normalized spacial score (nSPS) is 21.9. The molecule has 1 aromatic rings. The number of rotatable bonds is 7. The molecule has 28 heavy (non-hydrogen) atoms. The van der Waals surface area contributed by atoms with E-state index < -0.39 is 5.97 Å². The smallest absolute Gasteiger partial charge is 0.317 e. The molecule has 0 radical (unpaired) electrons. The first-order valence-corrected chi connectivity index (χ1v) is 9.61. The van der Waals surface area contributed by atoms with Gasteiger partial charge in [-0.2, -0.15) is 0 Å². The molecule has 8 heteroatoms. The third-order valence-corrected chi connectivity index (χ3v) is 5.23. The van der Waals surface area contributed by atoms with Gasteiger partial charge in [-0.25, -0.2) is 0 Å². The summed E-state index contributed by atoms with van der Waals surface area (Å²) in [7, 11) is 1.72. The number of fused-ring (bicyclic) bond motifs is 1. The van der Waals surface area contributed by atoms with Crippen LogP contribution in [0.2, 0.25) is 0 Å². The highest BCUT2D eigenvalue weighted by Gasteiger charge is 2.29. The van der Waals surface area contributed by atoms with Crippen molar-refractivity contribution in [3.63, 3.8) is 0 Å². The van der Waals surface area contributed by atoms with Crippen molar-refractivity contribution in [3.05, 3.63) is 29.8 Å². The quantitative estimate of drug-likeness (QED) is 0.716. The Morgan fingerprint density at radius 3 is 2.93 bits per heavy atom. The molecule has 152 valence electrons.